The van der Waals surface area contributed by atoms with Gasteiger partial charge in [-0.3, -0.25) is 4.79 Å². The summed E-state index contributed by atoms with van der Waals surface area (Å²) in [5.74, 6) is 0.546. The van der Waals surface area contributed by atoms with Crippen molar-refractivity contribution in [1.29, 1.82) is 0 Å². The molecule has 184 valence electrons. The van der Waals surface area contributed by atoms with Gasteiger partial charge in [0.2, 0.25) is 15.9 Å². The van der Waals surface area contributed by atoms with Gasteiger partial charge in [0.15, 0.2) is 0 Å². The average molecular weight is 489 g/mol. The van der Waals surface area contributed by atoms with E-state index in [0.717, 1.165) is 24.0 Å². The maximum absolute atomic E-state index is 13.6. The molecule has 0 saturated heterocycles. The van der Waals surface area contributed by atoms with Gasteiger partial charge in [0.25, 0.3) is 0 Å². The summed E-state index contributed by atoms with van der Waals surface area (Å²) >= 11 is 0. The Bertz CT molecular complexity index is 1120. The van der Waals surface area contributed by atoms with E-state index in [-0.39, 0.29) is 35.6 Å². The van der Waals surface area contributed by atoms with Crippen molar-refractivity contribution < 1.29 is 23.1 Å². The van der Waals surface area contributed by atoms with Crippen molar-refractivity contribution in [2.45, 2.75) is 50.2 Å². The Morgan fingerprint density at radius 1 is 1.26 bits per heavy atom. The highest BCUT2D eigenvalue weighted by atomic mass is 32.2. The molecule has 1 aliphatic carbocycles. The second kappa shape index (κ2) is 9.97. The molecule has 1 N–H and O–H groups in total. The number of aromatic nitrogens is 2. The van der Waals surface area contributed by atoms with E-state index in [1.54, 1.807) is 43.4 Å². The summed E-state index contributed by atoms with van der Waals surface area (Å²) in [4.78, 5) is 22.5. The molecule has 3 atom stereocenters. The van der Waals surface area contributed by atoms with Gasteiger partial charge >= 0.3 is 0 Å². The van der Waals surface area contributed by atoms with Crippen LogP contribution in [0.3, 0.4) is 0 Å². The van der Waals surface area contributed by atoms with Crippen LogP contribution in [-0.4, -0.2) is 77.5 Å². The third-order valence-corrected chi connectivity index (χ3v) is 8.62. The Labute approximate surface area is 200 Å². The first-order valence-electron chi connectivity index (χ1n) is 11.6. The molecule has 0 radical (unpaired) electrons. The average Bonchev–Trinajstić information content (AvgIpc) is 3.65. The molecule has 2 aliphatic rings. The Morgan fingerprint density at radius 3 is 2.62 bits per heavy atom. The molecule has 2 aromatic rings. The zero-order chi connectivity index (χ0) is 24.5. The normalized spacial score (nSPS) is 23.2. The Morgan fingerprint density at radius 2 is 1.97 bits per heavy atom. The number of rotatable bonds is 7. The summed E-state index contributed by atoms with van der Waals surface area (Å²) in [6, 6.07) is 4.31. The van der Waals surface area contributed by atoms with Crippen molar-refractivity contribution in [1.82, 2.24) is 19.2 Å². The standard InChI is InChI=1S/C24H32N4O5S/c1-16-12-28(17(2)14-29)34(31,32)23-7-6-19(20-10-25-15-26-11-20)9-21(23)33-22(16)13-27(3)24(30)8-18-4-5-18/h6-7,9-11,15-18,22,29H,4-5,8,12-14H2,1-3H3/t16-,17+,22-/m1/s1. The highest BCUT2D eigenvalue weighted by Gasteiger charge is 2.38. The maximum atomic E-state index is 13.6. The lowest BCUT2D eigenvalue weighted by molar-refractivity contribution is -0.131. The second-order valence-corrected chi connectivity index (χ2v) is 11.3. The first-order chi connectivity index (χ1) is 16.2. The number of aliphatic hydroxyl groups excluding tert-OH is 1. The van der Waals surface area contributed by atoms with E-state index in [9.17, 15) is 18.3 Å². The molecule has 0 bridgehead atoms. The van der Waals surface area contributed by atoms with Crippen LogP contribution < -0.4 is 4.74 Å². The molecule has 9 nitrogen and oxygen atoms in total. The lowest BCUT2D eigenvalue weighted by Gasteiger charge is -2.37. The minimum absolute atomic E-state index is 0.0391. The number of hydrogen-bond donors (Lipinski definition) is 1. The fourth-order valence-corrected chi connectivity index (χ4v) is 5.99. The molecule has 1 aromatic heterocycles. The monoisotopic (exact) mass is 488 g/mol. The quantitative estimate of drug-likeness (QED) is 0.635. The molecule has 2 heterocycles. The van der Waals surface area contributed by atoms with Crippen LogP contribution >= 0.6 is 0 Å². The predicted octanol–water partition coefficient (Wildman–Crippen LogP) is 2.17. The molecular weight excluding hydrogens is 456 g/mol. The summed E-state index contributed by atoms with van der Waals surface area (Å²) in [7, 11) is -2.16. The zero-order valence-electron chi connectivity index (χ0n) is 19.8. The first-order valence-corrected chi connectivity index (χ1v) is 13.1. The van der Waals surface area contributed by atoms with E-state index in [1.165, 1.54) is 16.7 Å². The Balaban J connectivity index is 1.72. The SMILES string of the molecule is C[C@@H]1CN([C@@H](C)CO)S(=O)(=O)c2ccc(-c3cncnc3)cc2O[C@@H]1CN(C)C(=O)CC1CC1. The van der Waals surface area contributed by atoms with Crippen molar-refractivity contribution in [3.63, 3.8) is 0 Å². The predicted molar refractivity (Wildman–Crippen MR) is 126 cm³/mol. The molecule has 0 spiro atoms. The number of carbonyl (C=O) groups is 1. The third-order valence-electron chi connectivity index (χ3n) is 6.60. The summed E-state index contributed by atoms with van der Waals surface area (Å²) in [5.41, 5.74) is 1.46. The maximum Gasteiger partial charge on any atom is 0.247 e. The molecule has 1 aromatic carbocycles. The highest BCUT2D eigenvalue weighted by molar-refractivity contribution is 7.89. The van der Waals surface area contributed by atoms with Crippen LogP contribution in [0, 0.1) is 11.8 Å². The number of ether oxygens (including phenoxy) is 1. The van der Waals surface area contributed by atoms with Gasteiger partial charge in [-0.25, -0.2) is 18.4 Å². The number of benzene rings is 1. The van der Waals surface area contributed by atoms with Gasteiger partial charge < -0.3 is 14.7 Å². The smallest absolute Gasteiger partial charge is 0.247 e. The van der Waals surface area contributed by atoms with Crippen LogP contribution in [0.1, 0.15) is 33.1 Å². The lowest BCUT2D eigenvalue weighted by Crippen LogP contribution is -2.50. The fraction of sp³-hybridized carbons (Fsp3) is 0.542. The minimum atomic E-state index is -3.93. The van der Waals surface area contributed by atoms with Gasteiger partial charge in [0.05, 0.1) is 13.2 Å². The topological polar surface area (TPSA) is 113 Å². The van der Waals surface area contributed by atoms with Gasteiger partial charge in [-0.1, -0.05) is 13.0 Å². The van der Waals surface area contributed by atoms with Crippen molar-refractivity contribution in [3.05, 3.63) is 36.9 Å². The third kappa shape index (κ3) is 5.24. The number of sulfonamides is 1. The van der Waals surface area contributed by atoms with E-state index in [0.29, 0.717) is 18.9 Å². The largest absolute Gasteiger partial charge is 0.487 e. The molecule has 4 rings (SSSR count). The summed E-state index contributed by atoms with van der Waals surface area (Å²) in [6.07, 6.45) is 7.03. The van der Waals surface area contributed by atoms with Crippen molar-refractivity contribution in [3.8, 4) is 16.9 Å². The number of amides is 1. The van der Waals surface area contributed by atoms with Gasteiger partial charge in [0.1, 0.15) is 23.1 Å². The fourth-order valence-electron chi connectivity index (χ4n) is 4.17. The van der Waals surface area contributed by atoms with Crippen molar-refractivity contribution in [2.24, 2.45) is 11.8 Å². The molecular formula is C24H32N4O5S. The Kier molecular flexibility index (Phi) is 7.20. The van der Waals surface area contributed by atoms with E-state index in [2.05, 4.69) is 9.97 Å². The van der Waals surface area contributed by atoms with Crippen LogP contribution in [0.25, 0.3) is 11.1 Å². The van der Waals surface area contributed by atoms with E-state index < -0.39 is 22.2 Å². The Hall–Kier alpha value is -2.56. The molecule has 1 saturated carbocycles. The van der Waals surface area contributed by atoms with Crippen LogP contribution in [0.15, 0.2) is 41.8 Å². The number of fused-ring (bicyclic) bond motifs is 1. The van der Waals surface area contributed by atoms with Gasteiger partial charge in [-0.2, -0.15) is 4.31 Å². The highest BCUT2D eigenvalue weighted by Crippen LogP contribution is 2.37. The molecule has 10 heteroatoms. The van der Waals surface area contributed by atoms with Crippen LogP contribution in [0.4, 0.5) is 0 Å². The lowest BCUT2D eigenvalue weighted by atomic mass is 10.0. The molecule has 1 aliphatic heterocycles. The minimum Gasteiger partial charge on any atom is -0.487 e. The van der Waals surface area contributed by atoms with Crippen molar-refractivity contribution in [2.75, 3.05) is 26.7 Å². The number of carbonyl (C=O) groups excluding carboxylic acids is 1. The zero-order valence-corrected chi connectivity index (χ0v) is 20.6. The van der Waals surface area contributed by atoms with Gasteiger partial charge in [-0.15, -0.1) is 0 Å². The van der Waals surface area contributed by atoms with Gasteiger partial charge in [0, 0.05) is 49.9 Å². The van der Waals surface area contributed by atoms with E-state index in [4.69, 9.17) is 4.74 Å². The number of aliphatic hydroxyl groups is 1. The summed E-state index contributed by atoms with van der Waals surface area (Å²) in [5, 5.41) is 9.78. The second-order valence-electron chi connectivity index (χ2n) is 9.45. The summed E-state index contributed by atoms with van der Waals surface area (Å²) < 4.78 is 34.8. The van der Waals surface area contributed by atoms with Gasteiger partial charge in [-0.05, 0) is 43.4 Å². The van der Waals surface area contributed by atoms with Crippen LogP contribution in [-0.2, 0) is 14.8 Å². The van der Waals surface area contributed by atoms with Crippen molar-refractivity contribution >= 4 is 15.9 Å². The molecule has 0 unspecified atom stereocenters. The number of hydrogen-bond acceptors (Lipinski definition) is 7. The van der Waals surface area contributed by atoms with Crippen LogP contribution in [0.2, 0.25) is 0 Å². The number of nitrogens with zero attached hydrogens (tertiary/aromatic N) is 4. The molecule has 34 heavy (non-hydrogen) atoms. The van der Waals surface area contributed by atoms with Crippen LogP contribution in [0.5, 0.6) is 5.75 Å². The molecule has 1 fully saturated rings. The van der Waals surface area contributed by atoms with E-state index >= 15 is 0 Å². The van der Waals surface area contributed by atoms with E-state index in [1.807, 2.05) is 6.92 Å². The first kappa shape index (κ1) is 24.6. The summed E-state index contributed by atoms with van der Waals surface area (Å²) in [6.45, 7) is 3.81. The number of likely N-dealkylation sites (N-methyl/N-ethyl adjacent to an activating group) is 1. The molecule has 1 amide bonds.